The van der Waals surface area contributed by atoms with Crippen molar-refractivity contribution in [3.05, 3.63) is 65.6 Å². The molecule has 0 atom stereocenters. The number of fused-ring (bicyclic) bond motifs is 1. The van der Waals surface area contributed by atoms with Crippen LogP contribution in [0.15, 0.2) is 48.7 Å². The molecule has 0 aliphatic rings. The third-order valence-corrected chi connectivity index (χ3v) is 2.77. The second-order valence-electron chi connectivity index (χ2n) is 4.17. The van der Waals surface area contributed by atoms with Gasteiger partial charge in [-0.2, -0.15) is 5.10 Å². The fraction of sp³-hybridized carbons (Fsp3) is 0.0667. The van der Waals surface area contributed by atoms with Gasteiger partial charge in [-0.1, -0.05) is 36.4 Å². The molecule has 0 saturated carbocycles. The van der Waals surface area contributed by atoms with E-state index in [4.69, 9.17) is 0 Å². The van der Waals surface area contributed by atoms with Crippen LogP contribution < -0.4 is 0 Å². The van der Waals surface area contributed by atoms with Crippen molar-refractivity contribution in [3.63, 3.8) is 0 Å². The lowest BCUT2D eigenvalue weighted by Crippen LogP contribution is -1.95. The molecule has 0 aliphatic heterocycles. The molecule has 0 radical (unpaired) electrons. The molecule has 0 bridgehead atoms. The molecule has 2 heterocycles. The largest absolute Gasteiger partial charge is 0.235 e. The van der Waals surface area contributed by atoms with E-state index in [-0.39, 0.29) is 0 Å². The summed E-state index contributed by atoms with van der Waals surface area (Å²) in [6.45, 7) is 1.98. The van der Waals surface area contributed by atoms with Crippen LogP contribution in [0.5, 0.6) is 0 Å². The maximum atomic E-state index is 4.45. The van der Waals surface area contributed by atoms with Gasteiger partial charge >= 0.3 is 0 Å². The molecular weight excluding hydrogens is 222 g/mol. The first-order chi connectivity index (χ1) is 8.83. The van der Waals surface area contributed by atoms with Crippen LogP contribution in [0.3, 0.4) is 0 Å². The van der Waals surface area contributed by atoms with Gasteiger partial charge in [0.05, 0.1) is 17.6 Å². The van der Waals surface area contributed by atoms with Gasteiger partial charge in [-0.15, -0.1) is 0 Å². The minimum Gasteiger partial charge on any atom is -0.235 e. The highest BCUT2D eigenvalue weighted by atomic mass is 15.3. The quantitative estimate of drug-likeness (QED) is 0.682. The lowest BCUT2D eigenvalue weighted by Gasteiger charge is -1.97. The maximum Gasteiger partial charge on any atom is 0.154 e. The van der Waals surface area contributed by atoms with Gasteiger partial charge in [0.1, 0.15) is 0 Å². The number of benzene rings is 1. The SMILES string of the molecule is Cc1ccc2ncc(/C=C/c3ccccc3)n2n1. The fourth-order valence-corrected chi connectivity index (χ4v) is 1.84. The van der Waals surface area contributed by atoms with Crippen LogP contribution in [0.2, 0.25) is 0 Å². The summed E-state index contributed by atoms with van der Waals surface area (Å²) in [4.78, 5) is 4.32. The van der Waals surface area contributed by atoms with E-state index in [1.54, 1.807) is 0 Å². The van der Waals surface area contributed by atoms with Crippen LogP contribution in [-0.2, 0) is 0 Å². The van der Waals surface area contributed by atoms with Crippen LogP contribution in [0.1, 0.15) is 17.0 Å². The first-order valence-corrected chi connectivity index (χ1v) is 5.87. The summed E-state index contributed by atoms with van der Waals surface area (Å²) in [7, 11) is 0. The Morgan fingerprint density at radius 2 is 1.83 bits per heavy atom. The van der Waals surface area contributed by atoms with Crippen molar-refractivity contribution in [2.45, 2.75) is 6.92 Å². The zero-order valence-electron chi connectivity index (χ0n) is 10.1. The number of nitrogens with zero attached hydrogens (tertiary/aromatic N) is 3. The van der Waals surface area contributed by atoms with E-state index in [9.17, 15) is 0 Å². The van der Waals surface area contributed by atoms with Crippen molar-refractivity contribution in [2.75, 3.05) is 0 Å². The monoisotopic (exact) mass is 235 g/mol. The highest BCUT2D eigenvalue weighted by Crippen LogP contribution is 2.10. The minimum absolute atomic E-state index is 0.869. The molecule has 2 aromatic heterocycles. The predicted molar refractivity (Wildman–Crippen MR) is 73.1 cm³/mol. The summed E-state index contributed by atoms with van der Waals surface area (Å²) >= 11 is 0. The molecule has 0 amide bonds. The number of imidazole rings is 1. The van der Waals surface area contributed by atoms with Gasteiger partial charge in [0.25, 0.3) is 0 Å². The summed E-state index contributed by atoms with van der Waals surface area (Å²) in [5.74, 6) is 0. The van der Waals surface area contributed by atoms with Crippen molar-refractivity contribution in [1.29, 1.82) is 0 Å². The number of hydrogen-bond donors (Lipinski definition) is 0. The second kappa shape index (κ2) is 4.45. The Kier molecular flexibility index (Phi) is 2.65. The molecule has 0 spiro atoms. The van der Waals surface area contributed by atoms with E-state index in [0.29, 0.717) is 0 Å². The first kappa shape index (κ1) is 10.7. The van der Waals surface area contributed by atoms with Crippen LogP contribution in [0.4, 0.5) is 0 Å². The zero-order valence-corrected chi connectivity index (χ0v) is 10.1. The molecule has 3 nitrogen and oxygen atoms in total. The number of rotatable bonds is 2. The number of aryl methyl sites for hydroxylation is 1. The zero-order chi connectivity index (χ0) is 12.4. The summed E-state index contributed by atoms with van der Waals surface area (Å²) in [6, 6.07) is 14.1. The highest BCUT2D eigenvalue weighted by Gasteiger charge is 2.00. The molecule has 3 heteroatoms. The standard InChI is InChI=1S/C15H13N3/c1-12-7-10-15-16-11-14(18(15)17-12)9-8-13-5-3-2-4-6-13/h2-11H,1H3/b9-8+. The van der Waals surface area contributed by atoms with Crippen molar-refractivity contribution in [1.82, 2.24) is 14.6 Å². The van der Waals surface area contributed by atoms with E-state index in [1.807, 2.05) is 54.0 Å². The third kappa shape index (κ3) is 2.02. The Labute approximate surface area is 105 Å². The number of hydrogen-bond acceptors (Lipinski definition) is 2. The Hall–Kier alpha value is -2.42. The Morgan fingerprint density at radius 3 is 2.67 bits per heavy atom. The average molecular weight is 235 g/mol. The molecule has 88 valence electrons. The summed E-state index contributed by atoms with van der Waals surface area (Å²) < 4.78 is 1.86. The molecule has 0 unspecified atom stereocenters. The lowest BCUT2D eigenvalue weighted by molar-refractivity contribution is 0.893. The van der Waals surface area contributed by atoms with Gasteiger partial charge in [-0.05, 0) is 30.7 Å². The smallest absolute Gasteiger partial charge is 0.154 e. The maximum absolute atomic E-state index is 4.45. The summed E-state index contributed by atoms with van der Waals surface area (Å²) in [6.07, 6.45) is 5.93. The molecule has 18 heavy (non-hydrogen) atoms. The van der Waals surface area contributed by atoms with Gasteiger partial charge in [-0.25, -0.2) is 9.50 Å². The van der Waals surface area contributed by atoms with E-state index in [0.717, 1.165) is 17.0 Å². The Bertz CT molecular complexity index is 696. The normalized spacial score (nSPS) is 11.4. The summed E-state index contributed by atoms with van der Waals surface area (Å²) in [5.41, 5.74) is 4.00. The number of aromatic nitrogens is 3. The molecule has 0 N–H and O–H groups in total. The van der Waals surface area contributed by atoms with Crippen LogP contribution in [0, 0.1) is 6.92 Å². The molecule has 0 saturated heterocycles. The van der Waals surface area contributed by atoms with Crippen LogP contribution >= 0.6 is 0 Å². The second-order valence-corrected chi connectivity index (χ2v) is 4.17. The highest BCUT2D eigenvalue weighted by molar-refractivity contribution is 5.69. The predicted octanol–water partition coefficient (Wildman–Crippen LogP) is 3.21. The molecular formula is C15H13N3. The van der Waals surface area contributed by atoms with Gasteiger partial charge in [0.2, 0.25) is 0 Å². The molecule has 1 aromatic carbocycles. The van der Waals surface area contributed by atoms with Gasteiger partial charge in [0.15, 0.2) is 5.65 Å². The Morgan fingerprint density at radius 1 is 1.00 bits per heavy atom. The minimum atomic E-state index is 0.869. The van der Waals surface area contributed by atoms with Crippen LogP contribution in [0.25, 0.3) is 17.8 Å². The fourth-order valence-electron chi connectivity index (χ4n) is 1.84. The average Bonchev–Trinajstić information content (AvgIpc) is 2.80. The lowest BCUT2D eigenvalue weighted by atomic mass is 10.2. The van der Waals surface area contributed by atoms with Crippen molar-refractivity contribution < 1.29 is 0 Å². The van der Waals surface area contributed by atoms with Gasteiger partial charge in [-0.3, -0.25) is 0 Å². The molecule has 0 aliphatic carbocycles. The summed E-state index contributed by atoms with van der Waals surface area (Å²) in [5, 5.41) is 4.45. The topological polar surface area (TPSA) is 30.2 Å². The van der Waals surface area contributed by atoms with E-state index in [1.165, 1.54) is 5.56 Å². The van der Waals surface area contributed by atoms with Gasteiger partial charge in [0, 0.05) is 0 Å². The van der Waals surface area contributed by atoms with Crippen LogP contribution in [-0.4, -0.2) is 14.6 Å². The van der Waals surface area contributed by atoms with Gasteiger partial charge < -0.3 is 0 Å². The third-order valence-electron chi connectivity index (χ3n) is 2.77. The van der Waals surface area contributed by atoms with E-state index >= 15 is 0 Å². The molecule has 3 rings (SSSR count). The van der Waals surface area contributed by atoms with Crippen molar-refractivity contribution in [3.8, 4) is 0 Å². The van der Waals surface area contributed by atoms with E-state index < -0.39 is 0 Å². The molecule has 3 aromatic rings. The van der Waals surface area contributed by atoms with Crippen molar-refractivity contribution in [2.24, 2.45) is 0 Å². The molecule has 0 fully saturated rings. The van der Waals surface area contributed by atoms with E-state index in [2.05, 4.69) is 28.3 Å². The van der Waals surface area contributed by atoms with Crippen molar-refractivity contribution >= 4 is 17.8 Å². The Balaban J connectivity index is 2.00. The first-order valence-electron chi connectivity index (χ1n) is 5.87.